The maximum Gasteiger partial charge on any atom is 0.305 e. The molecule has 0 fully saturated rings. The van der Waals surface area contributed by atoms with Gasteiger partial charge in [0.05, 0.1) is 13.7 Å². The number of methoxy groups -OCH3 is 1. The lowest BCUT2D eigenvalue weighted by Gasteiger charge is -2.15. The Balaban J connectivity index is 2.35. The minimum atomic E-state index is -0.172. The smallest absolute Gasteiger partial charge is 0.305 e. The quantitative estimate of drug-likeness (QED) is 0.287. The van der Waals surface area contributed by atoms with Crippen LogP contribution < -0.4 is 15.4 Å². The molecule has 25 heavy (non-hydrogen) atoms. The number of carbonyl (C=O) groups is 1. The van der Waals surface area contributed by atoms with E-state index in [9.17, 15) is 4.79 Å². The number of guanidine groups is 1. The maximum absolute atomic E-state index is 11.1. The average molecular weight is 370 g/mol. The van der Waals surface area contributed by atoms with Gasteiger partial charge < -0.3 is 20.1 Å². The molecule has 2 N–H and O–H groups in total. The van der Waals surface area contributed by atoms with Gasteiger partial charge in [-0.2, -0.15) is 0 Å². The fraction of sp³-hybridized carbons (Fsp3) is 0.556. The van der Waals surface area contributed by atoms with E-state index in [1.54, 1.807) is 12.1 Å². The molecule has 1 atom stereocenters. The summed E-state index contributed by atoms with van der Waals surface area (Å²) in [7, 11) is 1.41. The number of benzene rings is 1. The number of hydrogen-bond donors (Lipinski definition) is 2. The highest BCUT2D eigenvalue weighted by Gasteiger charge is 2.05. The number of nitrogens with zero attached hydrogens (tertiary/aromatic N) is 1. The Morgan fingerprint density at radius 2 is 1.96 bits per heavy atom. The van der Waals surface area contributed by atoms with Crippen LogP contribution in [0.1, 0.15) is 33.1 Å². The van der Waals surface area contributed by atoms with Crippen molar-refractivity contribution in [1.82, 2.24) is 10.6 Å². The molecule has 0 radical (unpaired) electrons. The van der Waals surface area contributed by atoms with Crippen LogP contribution in [0.15, 0.2) is 29.3 Å². The van der Waals surface area contributed by atoms with E-state index in [0.717, 1.165) is 37.6 Å². The van der Waals surface area contributed by atoms with Crippen molar-refractivity contribution in [2.75, 3.05) is 26.7 Å². The van der Waals surface area contributed by atoms with Gasteiger partial charge in [-0.05, 0) is 51.0 Å². The van der Waals surface area contributed by atoms with E-state index in [-0.39, 0.29) is 12.1 Å². The van der Waals surface area contributed by atoms with E-state index >= 15 is 0 Å². The Bertz CT molecular complexity index is 535. The van der Waals surface area contributed by atoms with E-state index in [4.69, 9.17) is 16.3 Å². The molecule has 0 heterocycles. The summed E-state index contributed by atoms with van der Waals surface area (Å²) in [4.78, 5) is 15.6. The summed E-state index contributed by atoms with van der Waals surface area (Å²) in [6.45, 7) is 6.04. The minimum absolute atomic E-state index is 0.0593. The first-order valence-electron chi connectivity index (χ1n) is 8.56. The van der Waals surface area contributed by atoms with Crippen LogP contribution in [0, 0.1) is 0 Å². The van der Waals surface area contributed by atoms with Crippen molar-refractivity contribution < 1.29 is 14.3 Å². The van der Waals surface area contributed by atoms with Crippen LogP contribution in [0.2, 0.25) is 5.02 Å². The van der Waals surface area contributed by atoms with E-state index < -0.39 is 0 Å². The molecule has 0 saturated carbocycles. The molecule has 1 rings (SSSR count). The summed E-state index contributed by atoms with van der Waals surface area (Å²) in [6.07, 6.45) is 2.04. The standard InChI is InChI=1S/C18H28ClN3O3/c1-4-20-18(21-12-6-5-7-17(23)24-3)22-13-14(2)25-16-10-8-15(19)9-11-16/h8-11,14H,4-7,12-13H2,1-3H3,(H2,20,21,22). The molecule has 0 aliphatic carbocycles. The maximum atomic E-state index is 11.1. The fourth-order valence-electron chi connectivity index (χ4n) is 2.05. The lowest BCUT2D eigenvalue weighted by molar-refractivity contribution is -0.140. The van der Waals surface area contributed by atoms with Crippen LogP contribution in [0.4, 0.5) is 0 Å². The monoisotopic (exact) mass is 369 g/mol. The molecule has 1 unspecified atom stereocenters. The van der Waals surface area contributed by atoms with Gasteiger partial charge in [-0.15, -0.1) is 0 Å². The number of aliphatic imine (C=N–C) groups is 1. The average Bonchev–Trinajstić information content (AvgIpc) is 2.61. The van der Waals surface area contributed by atoms with Crippen molar-refractivity contribution >= 4 is 23.5 Å². The summed E-state index contributed by atoms with van der Waals surface area (Å²) >= 11 is 5.86. The first-order chi connectivity index (χ1) is 12.0. The van der Waals surface area contributed by atoms with Crippen LogP contribution in [-0.4, -0.2) is 44.8 Å². The normalized spacial score (nSPS) is 12.4. The zero-order valence-corrected chi connectivity index (χ0v) is 15.9. The van der Waals surface area contributed by atoms with Crippen LogP contribution >= 0.6 is 11.6 Å². The number of esters is 1. The Morgan fingerprint density at radius 1 is 1.24 bits per heavy atom. The summed E-state index contributed by atoms with van der Waals surface area (Å²) in [5.41, 5.74) is 0. The Labute approximate surface area is 154 Å². The molecule has 1 aromatic rings. The van der Waals surface area contributed by atoms with Gasteiger partial charge in [-0.3, -0.25) is 4.79 Å². The van der Waals surface area contributed by atoms with Crippen molar-refractivity contribution in [3.8, 4) is 5.75 Å². The Kier molecular flexibility index (Phi) is 10.5. The van der Waals surface area contributed by atoms with E-state index in [2.05, 4.69) is 20.4 Å². The number of nitrogens with one attached hydrogen (secondary N) is 2. The summed E-state index contributed by atoms with van der Waals surface area (Å²) in [5.74, 6) is 1.34. The molecule has 6 nitrogen and oxygen atoms in total. The van der Waals surface area contributed by atoms with Crippen molar-refractivity contribution in [3.05, 3.63) is 29.3 Å². The van der Waals surface area contributed by atoms with Gasteiger partial charge >= 0.3 is 5.97 Å². The molecule has 0 aromatic heterocycles. The first-order valence-corrected chi connectivity index (χ1v) is 8.94. The lowest BCUT2D eigenvalue weighted by atomic mass is 10.2. The number of halogens is 1. The third-order valence-electron chi connectivity index (χ3n) is 3.33. The fourth-order valence-corrected chi connectivity index (χ4v) is 2.17. The molecular formula is C18H28ClN3O3. The highest BCUT2D eigenvalue weighted by molar-refractivity contribution is 6.30. The predicted octanol–water partition coefficient (Wildman–Crippen LogP) is 3.01. The van der Waals surface area contributed by atoms with Gasteiger partial charge in [0, 0.05) is 24.5 Å². The van der Waals surface area contributed by atoms with Crippen LogP contribution in [0.5, 0.6) is 5.75 Å². The SMILES string of the molecule is CCNC(=NCC(C)Oc1ccc(Cl)cc1)NCCCCC(=O)OC. The van der Waals surface area contributed by atoms with Crippen LogP contribution in [0.25, 0.3) is 0 Å². The molecule has 0 aliphatic heterocycles. The molecule has 1 aromatic carbocycles. The van der Waals surface area contributed by atoms with Crippen molar-refractivity contribution in [3.63, 3.8) is 0 Å². The van der Waals surface area contributed by atoms with Gasteiger partial charge in [0.1, 0.15) is 11.9 Å². The van der Waals surface area contributed by atoms with Gasteiger partial charge in [0.25, 0.3) is 0 Å². The van der Waals surface area contributed by atoms with Crippen LogP contribution in [-0.2, 0) is 9.53 Å². The number of carbonyl (C=O) groups excluding carboxylic acids is 1. The molecule has 7 heteroatoms. The third kappa shape index (κ3) is 9.82. The van der Waals surface area contributed by atoms with E-state index in [1.807, 2.05) is 26.0 Å². The number of ether oxygens (including phenoxy) is 2. The third-order valence-corrected chi connectivity index (χ3v) is 3.58. The summed E-state index contributed by atoms with van der Waals surface area (Å²) in [5, 5.41) is 7.13. The molecule has 140 valence electrons. The molecule has 0 spiro atoms. The number of hydrogen-bond acceptors (Lipinski definition) is 4. The lowest BCUT2D eigenvalue weighted by Crippen LogP contribution is -2.38. The van der Waals surface area contributed by atoms with Gasteiger partial charge in [0.2, 0.25) is 0 Å². The predicted molar refractivity (Wildman–Crippen MR) is 101 cm³/mol. The van der Waals surface area contributed by atoms with Crippen molar-refractivity contribution in [2.24, 2.45) is 4.99 Å². The first kappa shape index (κ1) is 21.1. The van der Waals surface area contributed by atoms with Gasteiger partial charge in [0.15, 0.2) is 5.96 Å². The van der Waals surface area contributed by atoms with Crippen molar-refractivity contribution in [1.29, 1.82) is 0 Å². The summed E-state index contributed by atoms with van der Waals surface area (Å²) in [6, 6.07) is 7.28. The second-order valence-corrected chi connectivity index (χ2v) is 6.00. The largest absolute Gasteiger partial charge is 0.489 e. The summed E-state index contributed by atoms with van der Waals surface area (Å²) < 4.78 is 10.4. The highest BCUT2D eigenvalue weighted by Crippen LogP contribution is 2.16. The topological polar surface area (TPSA) is 72.0 Å². The highest BCUT2D eigenvalue weighted by atomic mass is 35.5. The van der Waals surface area contributed by atoms with Gasteiger partial charge in [-0.25, -0.2) is 4.99 Å². The Hall–Kier alpha value is -1.95. The van der Waals surface area contributed by atoms with Gasteiger partial charge in [-0.1, -0.05) is 11.6 Å². The second-order valence-electron chi connectivity index (χ2n) is 5.56. The molecular weight excluding hydrogens is 342 g/mol. The number of rotatable bonds is 10. The van der Waals surface area contributed by atoms with E-state index in [1.165, 1.54) is 7.11 Å². The zero-order chi connectivity index (χ0) is 18.5. The Morgan fingerprint density at radius 3 is 2.60 bits per heavy atom. The second kappa shape index (κ2) is 12.4. The molecule has 0 aliphatic rings. The van der Waals surface area contributed by atoms with Crippen molar-refractivity contribution in [2.45, 2.75) is 39.2 Å². The zero-order valence-electron chi connectivity index (χ0n) is 15.2. The van der Waals surface area contributed by atoms with E-state index in [0.29, 0.717) is 18.0 Å². The molecule has 0 saturated heterocycles. The molecule has 0 amide bonds. The molecule has 0 bridgehead atoms. The number of unbranched alkanes of at least 4 members (excludes halogenated alkanes) is 1. The minimum Gasteiger partial charge on any atom is -0.489 e. The van der Waals surface area contributed by atoms with Crippen LogP contribution in [0.3, 0.4) is 0 Å².